The Kier molecular flexibility index (Phi) is 7.97. The fourth-order valence-corrected chi connectivity index (χ4v) is 5.62. The maximum atomic E-state index is 15.3. The molecule has 0 saturated heterocycles. The van der Waals surface area contributed by atoms with E-state index in [4.69, 9.17) is 4.74 Å². The maximum Gasteiger partial charge on any atom is 0.257 e. The number of ether oxygens (including phenoxy) is 1. The highest BCUT2D eigenvalue weighted by molar-refractivity contribution is 7.94. The number of benzene rings is 2. The van der Waals surface area contributed by atoms with Crippen LogP contribution in [0.3, 0.4) is 0 Å². The lowest BCUT2D eigenvalue weighted by atomic mass is 9.99. The van der Waals surface area contributed by atoms with Crippen LogP contribution in [0.4, 0.5) is 13.2 Å². The Morgan fingerprint density at radius 3 is 2.31 bits per heavy atom. The molecule has 0 saturated carbocycles. The minimum Gasteiger partial charge on any atom is -0.384 e. The van der Waals surface area contributed by atoms with Crippen molar-refractivity contribution in [2.45, 2.75) is 38.1 Å². The molecule has 2 aromatic carbocycles. The van der Waals surface area contributed by atoms with Gasteiger partial charge in [0.05, 0.1) is 17.5 Å². The molecule has 11 heteroatoms. The van der Waals surface area contributed by atoms with Crippen molar-refractivity contribution in [1.82, 2.24) is 9.88 Å². The lowest BCUT2D eigenvalue weighted by Crippen LogP contribution is -2.43. The van der Waals surface area contributed by atoms with Gasteiger partial charge in [0, 0.05) is 30.8 Å². The average molecular weight is 561 g/mol. The van der Waals surface area contributed by atoms with Crippen LogP contribution in [0.5, 0.6) is 0 Å². The fourth-order valence-electron chi connectivity index (χ4n) is 4.32. The third kappa shape index (κ3) is 6.38. The van der Waals surface area contributed by atoms with Crippen molar-refractivity contribution in [1.29, 1.82) is 0 Å². The average Bonchev–Trinajstić information content (AvgIpc) is 3.24. The summed E-state index contributed by atoms with van der Waals surface area (Å²) < 4.78 is 72.1. The number of aromatic nitrogens is 1. The summed E-state index contributed by atoms with van der Waals surface area (Å²) in [6, 6.07) is 9.41. The lowest BCUT2D eigenvalue weighted by Gasteiger charge is -2.31. The number of sulfone groups is 1. The first-order chi connectivity index (χ1) is 18.3. The summed E-state index contributed by atoms with van der Waals surface area (Å²) in [5.41, 5.74) is 0.0456. The van der Waals surface area contributed by atoms with Gasteiger partial charge in [-0.2, -0.15) is 0 Å². The predicted octanol–water partition coefficient (Wildman–Crippen LogP) is 4.42. The Morgan fingerprint density at radius 1 is 1.08 bits per heavy atom. The molecule has 0 spiro atoms. The number of amides is 1. The molecule has 0 unspecified atom stereocenters. The topological polar surface area (TPSA) is 96.8 Å². The van der Waals surface area contributed by atoms with Gasteiger partial charge in [-0.3, -0.25) is 9.78 Å². The van der Waals surface area contributed by atoms with Crippen molar-refractivity contribution in [2.24, 2.45) is 0 Å². The van der Waals surface area contributed by atoms with Crippen molar-refractivity contribution in [3.05, 3.63) is 100 Å². The van der Waals surface area contributed by atoms with Crippen LogP contribution in [0, 0.1) is 17.5 Å². The number of rotatable bonds is 8. The van der Waals surface area contributed by atoms with Crippen molar-refractivity contribution >= 4 is 15.7 Å². The number of nitrogens with zero attached hydrogens (tertiary/aromatic N) is 2. The summed E-state index contributed by atoms with van der Waals surface area (Å²) in [6.07, 6.45) is 1.42. The number of pyridine rings is 1. The van der Waals surface area contributed by atoms with Gasteiger partial charge in [0.1, 0.15) is 11.4 Å². The number of carbonyl (C=O) groups is 1. The van der Waals surface area contributed by atoms with E-state index in [1.165, 1.54) is 42.5 Å². The Hall–Kier alpha value is -3.54. The van der Waals surface area contributed by atoms with Crippen molar-refractivity contribution in [3.63, 3.8) is 0 Å². The third-order valence-corrected chi connectivity index (χ3v) is 7.77. The molecule has 1 N–H and O–H groups in total. The molecule has 0 fully saturated rings. The monoisotopic (exact) mass is 560 g/mol. The normalized spacial score (nSPS) is 17.3. The van der Waals surface area contributed by atoms with Crippen LogP contribution in [0.15, 0.2) is 66.2 Å². The number of halogens is 3. The first kappa shape index (κ1) is 28.5. The van der Waals surface area contributed by atoms with Gasteiger partial charge in [-0.05, 0) is 66.9 Å². The van der Waals surface area contributed by atoms with Crippen molar-refractivity contribution in [2.75, 3.05) is 12.9 Å². The van der Waals surface area contributed by atoms with Gasteiger partial charge in [-0.1, -0.05) is 18.2 Å². The van der Waals surface area contributed by atoms with Crippen molar-refractivity contribution < 1.29 is 36.2 Å². The highest BCUT2D eigenvalue weighted by Gasteiger charge is 2.36. The van der Waals surface area contributed by atoms with Gasteiger partial charge in [0.25, 0.3) is 5.91 Å². The summed E-state index contributed by atoms with van der Waals surface area (Å²) >= 11 is 0. The Balaban J connectivity index is 1.68. The number of aliphatic hydroxyl groups is 1. The summed E-state index contributed by atoms with van der Waals surface area (Å²) in [4.78, 5) is 19.2. The Morgan fingerprint density at radius 2 is 1.74 bits per heavy atom. The molecule has 1 aliphatic rings. The van der Waals surface area contributed by atoms with Crippen molar-refractivity contribution in [3.8, 4) is 11.1 Å². The molecular formula is C28H27F3N2O5S. The Bertz CT molecular complexity index is 1540. The van der Waals surface area contributed by atoms with Gasteiger partial charge < -0.3 is 14.7 Å². The van der Waals surface area contributed by atoms with E-state index in [0.29, 0.717) is 11.3 Å². The van der Waals surface area contributed by atoms with E-state index in [-0.39, 0.29) is 29.0 Å². The van der Waals surface area contributed by atoms with E-state index < -0.39 is 50.9 Å². The maximum absolute atomic E-state index is 15.3. The molecular weight excluding hydrogens is 533 g/mol. The van der Waals surface area contributed by atoms with Gasteiger partial charge in [0.2, 0.25) is 0 Å². The largest absolute Gasteiger partial charge is 0.384 e. The number of methoxy groups -OCH3 is 1. The van der Waals surface area contributed by atoms with Gasteiger partial charge >= 0.3 is 0 Å². The van der Waals surface area contributed by atoms with Gasteiger partial charge in [-0.25, -0.2) is 21.6 Å². The second kappa shape index (κ2) is 10.9. The number of hydrogen-bond acceptors (Lipinski definition) is 6. The molecule has 206 valence electrons. The lowest BCUT2D eigenvalue weighted by molar-refractivity contribution is -0.144. The van der Waals surface area contributed by atoms with E-state index in [9.17, 15) is 27.1 Å². The zero-order valence-electron chi connectivity index (χ0n) is 21.4. The van der Waals surface area contributed by atoms with E-state index in [2.05, 4.69) is 4.98 Å². The third-order valence-electron chi connectivity index (χ3n) is 6.39. The molecule has 0 aliphatic carbocycles. The van der Waals surface area contributed by atoms with Crippen LogP contribution in [0.1, 0.15) is 36.8 Å². The zero-order valence-corrected chi connectivity index (χ0v) is 22.3. The zero-order chi connectivity index (χ0) is 28.5. The van der Waals surface area contributed by atoms with Crippen LogP contribution in [0.2, 0.25) is 0 Å². The van der Waals surface area contributed by atoms with Crippen LogP contribution in [-0.4, -0.2) is 48.2 Å². The van der Waals surface area contributed by atoms with Gasteiger partial charge in [-0.15, -0.1) is 0 Å². The summed E-state index contributed by atoms with van der Waals surface area (Å²) in [5, 5.41) is 11.4. The van der Waals surface area contributed by atoms with Gasteiger partial charge in [0.15, 0.2) is 27.6 Å². The first-order valence-corrected chi connectivity index (χ1v) is 13.7. The van der Waals surface area contributed by atoms with Crippen LogP contribution >= 0.6 is 0 Å². The molecule has 2 atom stereocenters. The first-order valence-electron chi connectivity index (χ1n) is 12.0. The quantitative estimate of drug-likeness (QED) is 0.438. The second-order valence-corrected chi connectivity index (χ2v) is 11.7. The molecule has 39 heavy (non-hydrogen) atoms. The molecule has 7 nitrogen and oxygen atoms in total. The van der Waals surface area contributed by atoms with E-state index >= 15 is 4.39 Å². The molecule has 4 rings (SSSR count). The van der Waals surface area contributed by atoms with E-state index in [1.807, 2.05) is 0 Å². The molecule has 1 amide bonds. The molecule has 2 heterocycles. The highest BCUT2D eigenvalue weighted by atomic mass is 32.2. The summed E-state index contributed by atoms with van der Waals surface area (Å²) in [7, 11) is -2.32. The number of carbonyl (C=O) groups excluding carboxylic acids is 1. The van der Waals surface area contributed by atoms with E-state index in [1.54, 1.807) is 26.0 Å². The smallest absolute Gasteiger partial charge is 0.257 e. The SMILES string of the molecule is CO[C@@H](C(=O)N(Cc1ccnc(C(C)(C)O)c1)[C@@H]1C=CS(=O)(=O)C1)c1ccc(-c2ccc(F)c(F)c2)cc1F. The second-order valence-electron chi connectivity index (χ2n) is 9.78. The molecule has 3 aromatic rings. The Labute approximate surface area is 224 Å². The highest BCUT2D eigenvalue weighted by Crippen LogP contribution is 2.31. The number of hydrogen-bond donors (Lipinski definition) is 1. The van der Waals surface area contributed by atoms with Crippen LogP contribution in [0.25, 0.3) is 11.1 Å². The summed E-state index contributed by atoms with van der Waals surface area (Å²) in [5.74, 6) is -3.98. The minimum atomic E-state index is -3.54. The van der Waals surface area contributed by atoms with Crippen LogP contribution < -0.4 is 0 Å². The van der Waals surface area contributed by atoms with E-state index in [0.717, 1.165) is 23.6 Å². The predicted molar refractivity (Wildman–Crippen MR) is 138 cm³/mol. The molecule has 1 aromatic heterocycles. The summed E-state index contributed by atoms with van der Waals surface area (Å²) in [6.45, 7) is 3.05. The molecule has 1 aliphatic heterocycles. The molecule has 0 radical (unpaired) electrons. The fraction of sp³-hybridized carbons (Fsp3) is 0.286. The standard InChI is InChI=1S/C28H27F3N2O5S/c1-28(2,35)25-12-17(8-10-32-25)15-33(20-9-11-39(36,37)16-20)27(34)26(38-3)21-6-4-18(13-23(21)30)19-5-7-22(29)24(31)14-19/h4-14,20,26,35H,15-16H2,1-3H3/t20-,26-/m1/s1. The van der Waals surface area contributed by atoms with Crippen LogP contribution in [-0.2, 0) is 31.5 Å². The molecule has 0 bridgehead atoms. The minimum absolute atomic E-state index is 0.0661.